The van der Waals surface area contributed by atoms with E-state index in [0.717, 1.165) is 10.1 Å². The van der Waals surface area contributed by atoms with E-state index in [1.165, 1.54) is 22.2 Å². The minimum Gasteiger partial charge on any atom is -0.493 e. The van der Waals surface area contributed by atoms with Crippen molar-refractivity contribution in [3.05, 3.63) is 65.0 Å². The topological polar surface area (TPSA) is 92.3 Å². The minimum atomic E-state index is -0.139. The van der Waals surface area contributed by atoms with Crippen LogP contribution in [0.5, 0.6) is 11.5 Å². The number of aromatic nitrogens is 4. The maximum Gasteiger partial charge on any atom is 0.271 e. The Hall–Kier alpha value is -3.72. The van der Waals surface area contributed by atoms with Gasteiger partial charge in [0, 0.05) is 10.1 Å². The van der Waals surface area contributed by atoms with Crippen molar-refractivity contribution in [3.63, 3.8) is 0 Å². The second-order valence-corrected chi connectivity index (χ2v) is 7.56. The first kappa shape index (κ1) is 18.3. The zero-order valence-electron chi connectivity index (χ0n) is 16.2. The van der Waals surface area contributed by atoms with Gasteiger partial charge in [0.2, 0.25) is 11.7 Å². The first-order valence-electron chi connectivity index (χ1n) is 9.10. The van der Waals surface area contributed by atoms with Gasteiger partial charge < -0.3 is 14.0 Å². The second kappa shape index (κ2) is 7.27. The van der Waals surface area contributed by atoms with Gasteiger partial charge in [0.1, 0.15) is 11.2 Å². The fraction of sp³-hybridized carbons (Fsp3) is 0.143. The zero-order chi connectivity index (χ0) is 20.7. The van der Waals surface area contributed by atoms with Crippen LogP contribution < -0.4 is 15.0 Å². The van der Waals surface area contributed by atoms with Gasteiger partial charge in [-0.3, -0.25) is 9.36 Å². The van der Waals surface area contributed by atoms with Gasteiger partial charge in [-0.05, 0) is 18.2 Å². The van der Waals surface area contributed by atoms with E-state index in [0.29, 0.717) is 39.0 Å². The Labute approximate surface area is 174 Å². The molecule has 0 saturated heterocycles. The van der Waals surface area contributed by atoms with Crippen molar-refractivity contribution in [1.82, 2.24) is 19.7 Å². The van der Waals surface area contributed by atoms with Gasteiger partial charge >= 0.3 is 0 Å². The molecule has 0 bridgehead atoms. The molecule has 0 fully saturated rings. The molecule has 3 heterocycles. The molecule has 0 spiro atoms. The summed E-state index contributed by atoms with van der Waals surface area (Å²) < 4.78 is 19.2. The van der Waals surface area contributed by atoms with E-state index in [2.05, 4.69) is 15.1 Å². The largest absolute Gasteiger partial charge is 0.493 e. The molecule has 5 rings (SSSR count). The molecule has 0 unspecified atom stereocenters. The van der Waals surface area contributed by atoms with E-state index in [-0.39, 0.29) is 12.1 Å². The van der Waals surface area contributed by atoms with Crippen LogP contribution in [0.25, 0.3) is 31.7 Å². The average Bonchev–Trinajstić information content (AvgIpc) is 3.40. The van der Waals surface area contributed by atoms with E-state index in [1.54, 1.807) is 20.3 Å². The van der Waals surface area contributed by atoms with E-state index < -0.39 is 0 Å². The summed E-state index contributed by atoms with van der Waals surface area (Å²) in [6.07, 6.45) is 1.51. The predicted molar refractivity (Wildman–Crippen MR) is 113 cm³/mol. The van der Waals surface area contributed by atoms with Crippen molar-refractivity contribution in [2.45, 2.75) is 6.54 Å². The molecule has 0 aliphatic rings. The molecule has 2 aromatic carbocycles. The first-order valence-corrected chi connectivity index (χ1v) is 9.92. The van der Waals surface area contributed by atoms with E-state index >= 15 is 0 Å². The van der Waals surface area contributed by atoms with Gasteiger partial charge in [0.05, 0.1) is 31.6 Å². The van der Waals surface area contributed by atoms with Gasteiger partial charge in [-0.25, -0.2) is 4.98 Å². The van der Waals surface area contributed by atoms with E-state index in [9.17, 15) is 4.79 Å². The molecule has 5 aromatic rings. The zero-order valence-corrected chi connectivity index (χ0v) is 17.0. The molecule has 150 valence electrons. The number of methoxy groups -OCH3 is 2. The number of rotatable bonds is 5. The standard InChI is InChI=1S/C21H16N4O4S/c1-27-14-8-5-7-13(18(14)28-2)20-23-16(29-24-20)10-25-11-22-17-12-6-3-4-9-15(12)30-19(17)21(25)26/h3-9,11H,10H2,1-2H3. The maximum absolute atomic E-state index is 13.0. The highest BCUT2D eigenvalue weighted by atomic mass is 32.1. The monoisotopic (exact) mass is 420 g/mol. The highest BCUT2D eigenvalue weighted by Gasteiger charge is 2.18. The van der Waals surface area contributed by atoms with Crippen LogP contribution in [-0.4, -0.2) is 33.9 Å². The highest BCUT2D eigenvalue weighted by molar-refractivity contribution is 7.25. The lowest BCUT2D eigenvalue weighted by Gasteiger charge is -2.09. The molecule has 9 heteroatoms. The quantitative estimate of drug-likeness (QED) is 0.428. The van der Waals surface area contributed by atoms with Gasteiger partial charge in [-0.15, -0.1) is 11.3 Å². The van der Waals surface area contributed by atoms with Crippen molar-refractivity contribution >= 4 is 31.6 Å². The molecule has 0 atom stereocenters. The Kier molecular flexibility index (Phi) is 4.44. The molecule has 0 aliphatic carbocycles. The van der Waals surface area contributed by atoms with Gasteiger partial charge in [0.15, 0.2) is 11.5 Å². The van der Waals surface area contributed by atoms with Crippen LogP contribution >= 0.6 is 11.3 Å². The Morgan fingerprint density at radius 2 is 1.97 bits per heavy atom. The number of hydrogen-bond acceptors (Lipinski definition) is 8. The smallest absolute Gasteiger partial charge is 0.271 e. The van der Waals surface area contributed by atoms with Crippen molar-refractivity contribution in [3.8, 4) is 22.9 Å². The normalized spacial score (nSPS) is 11.3. The summed E-state index contributed by atoms with van der Waals surface area (Å²) in [6, 6.07) is 13.3. The van der Waals surface area contributed by atoms with Crippen LogP contribution in [0.15, 0.2) is 58.1 Å². The summed E-state index contributed by atoms with van der Waals surface area (Å²) in [6.45, 7) is 0.120. The van der Waals surface area contributed by atoms with Gasteiger partial charge in [-0.1, -0.05) is 29.4 Å². The summed E-state index contributed by atoms with van der Waals surface area (Å²) >= 11 is 1.43. The lowest BCUT2D eigenvalue weighted by Crippen LogP contribution is -2.20. The molecule has 0 saturated carbocycles. The van der Waals surface area contributed by atoms with Crippen LogP contribution in [0.4, 0.5) is 0 Å². The van der Waals surface area contributed by atoms with Gasteiger partial charge in [0.25, 0.3) is 5.56 Å². The number of para-hydroxylation sites is 1. The lowest BCUT2D eigenvalue weighted by molar-refractivity contribution is 0.354. The SMILES string of the molecule is COc1cccc(-c2noc(Cn3cnc4c(sc5ccccc54)c3=O)n2)c1OC. The predicted octanol–water partition coefficient (Wildman–Crippen LogP) is 3.73. The number of hydrogen-bond donors (Lipinski definition) is 0. The van der Waals surface area contributed by atoms with Crippen LogP contribution in [-0.2, 0) is 6.54 Å². The van der Waals surface area contributed by atoms with Crippen LogP contribution in [0.2, 0.25) is 0 Å². The third-order valence-electron chi connectivity index (χ3n) is 4.77. The summed E-state index contributed by atoms with van der Waals surface area (Å²) in [5.41, 5.74) is 1.21. The van der Waals surface area contributed by atoms with Crippen molar-refractivity contribution in [2.75, 3.05) is 14.2 Å². The molecular weight excluding hydrogens is 404 g/mol. The van der Waals surface area contributed by atoms with E-state index in [1.807, 2.05) is 36.4 Å². The molecule has 0 aliphatic heterocycles. The van der Waals surface area contributed by atoms with Gasteiger partial charge in [-0.2, -0.15) is 4.98 Å². The second-order valence-electron chi connectivity index (χ2n) is 6.51. The number of ether oxygens (including phenoxy) is 2. The van der Waals surface area contributed by atoms with Crippen LogP contribution in [0, 0.1) is 0 Å². The lowest BCUT2D eigenvalue weighted by atomic mass is 10.1. The van der Waals surface area contributed by atoms with Crippen LogP contribution in [0.3, 0.4) is 0 Å². The molecular formula is C21H16N4O4S. The summed E-state index contributed by atoms with van der Waals surface area (Å²) in [5.74, 6) is 1.72. The van der Waals surface area contributed by atoms with E-state index in [4.69, 9.17) is 14.0 Å². The van der Waals surface area contributed by atoms with Crippen molar-refractivity contribution in [1.29, 1.82) is 0 Å². The maximum atomic E-state index is 13.0. The van der Waals surface area contributed by atoms with Crippen molar-refractivity contribution in [2.24, 2.45) is 0 Å². The number of benzene rings is 2. The molecule has 3 aromatic heterocycles. The first-order chi connectivity index (χ1) is 14.7. The Bertz CT molecular complexity index is 1440. The number of fused-ring (bicyclic) bond motifs is 3. The molecule has 0 amide bonds. The van der Waals surface area contributed by atoms with Crippen LogP contribution in [0.1, 0.15) is 5.89 Å². The third-order valence-corrected chi connectivity index (χ3v) is 5.92. The fourth-order valence-corrected chi connectivity index (χ4v) is 4.47. The summed E-state index contributed by atoms with van der Waals surface area (Å²) in [5, 5.41) is 5.02. The highest BCUT2D eigenvalue weighted by Crippen LogP contribution is 2.36. The summed E-state index contributed by atoms with van der Waals surface area (Å²) in [7, 11) is 3.11. The Morgan fingerprint density at radius 1 is 1.10 bits per heavy atom. The fourth-order valence-electron chi connectivity index (χ4n) is 3.37. The number of thiophene rings is 1. The molecule has 0 radical (unpaired) electrons. The minimum absolute atomic E-state index is 0.120. The number of nitrogens with zero attached hydrogens (tertiary/aromatic N) is 4. The molecule has 30 heavy (non-hydrogen) atoms. The average molecular weight is 420 g/mol. The Balaban J connectivity index is 1.52. The third kappa shape index (κ3) is 2.91. The van der Waals surface area contributed by atoms with Crippen molar-refractivity contribution < 1.29 is 14.0 Å². The molecule has 8 nitrogen and oxygen atoms in total. The Morgan fingerprint density at radius 3 is 2.80 bits per heavy atom. The summed E-state index contributed by atoms with van der Waals surface area (Å²) in [4.78, 5) is 21.9. The molecule has 0 N–H and O–H groups in total.